The minimum atomic E-state index is -0.143. The van der Waals surface area contributed by atoms with Crippen molar-refractivity contribution in [1.29, 1.82) is 0 Å². The predicted octanol–water partition coefficient (Wildman–Crippen LogP) is 1.07. The van der Waals surface area contributed by atoms with E-state index in [-0.39, 0.29) is 5.60 Å². The van der Waals surface area contributed by atoms with Gasteiger partial charge in [-0.05, 0) is 47.9 Å². The zero-order valence-electron chi connectivity index (χ0n) is 11.4. The van der Waals surface area contributed by atoms with E-state index in [4.69, 9.17) is 16.2 Å². The van der Waals surface area contributed by atoms with Gasteiger partial charge in [0.05, 0.1) is 12.1 Å². The van der Waals surface area contributed by atoms with Crippen LogP contribution in [0.4, 0.5) is 11.4 Å². The number of nitrogens with two attached hydrogens (primary N) is 2. The van der Waals surface area contributed by atoms with Gasteiger partial charge >= 0.3 is 0 Å². The lowest BCUT2D eigenvalue weighted by Gasteiger charge is -2.40. The molecule has 2 aromatic rings. The molecule has 20 heavy (non-hydrogen) atoms. The molecule has 0 saturated heterocycles. The van der Waals surface area contributed by atoms with Crippen LogP contribution in [0, 0.1) is 0 Å². The molecule has 1 aromatic heterocycles. The van der Waals surface area contributed by atoms with Crippen molar-refractivity contribution in [2.45, 2.75) is 31.4 Å². The fourth-order valence-electron chi connectivity index (χ4n) is 2.59. The molecule has 0 unspecified atom stereocenters. The summed E-state index contributed by atoms with van der Waals surface area (Å²) in [7, 11) is 1.74. The molecule has 0 aliphatic heterocycles. The van der Waals surface area contributed by atoms with Gasteiger partial charge in [-0.2, -0.15) is 0 Å². The maximum atomic E-state index is 5.82. The molecule has 1 saturated carbocycles. The fraction of sp³-hybridized carbons (Fsp3) is 0.462. The van der Waals surface area contributed by atoms with Crippen LogP contribution in [0.2, 0.25) is 0 Å². The molecule has 0 bridgehead atoms. The number of methoxy groups -OCH3 is 1. The summed E-state index contributed by atoms with van der Waals surface area (Å²) in [5.41, 5.74) is 13.5. The number of benzene rings is 1. The van der Waals surface area contributed by atoms with E-state index in [1.165, 1.54) is 6.42 Å². The van der Waals surface area contributed by atoms with Crippen molar-refractivity contribution in [2.75, 3.05) is 18.6 Å². The maximum absolute atomic E-state index is 5.82. The van der Waals surface area contributed by atoms with E-state index in [2.05, 4.69) is 15.5 Å². The van der Waals surface area contributed by atoms with Crippen LogP contribution in [0.1, 0.15) is 19.3 Å². The average Bonchev–Trinajstić information content (AvgIpc) is 2.80. The Morgan fingerprint density at radius 2 is 1.95 bits per heavy atom. The lowest BCUT2D eigenvalue weighted by molar-refractivity contribution is -0.0855. The first-order chi connectivity index (χ1) is 9.62. The van der Waals surface area contributed by atoms with Crippen LogP contribution in [0.25, 0.3) is 11.4 Å². The Labute approximate surface area is 116 Å². The first kappa shape index (κ1) is 12.9. The monoisotopic (exact) mass is 274 g/mol. The molecule has 7 heteroatoms. The smallest absolute Gasteiger partial charge is 0.182 e. The molecule has 1 fully saturated rings. The van der Waals surface area contributed by atoms with Crippen molar-refractivity contribution >= 4 is 11.4 Å². The van der Waals surface area contributed by atoms with Crippen LogP contribution in [0.3, 0.4) is 0 Å². The average molecular weight is 274 g/mol. The Balaban J connectivity index is 1.93. The van der Waals surface area contributed by atoms with Gasteiger partial charge in [0.15, 0.2) is 5.82 Å². The first-order valence-electron chi connectivity index (χ1n) is 6.60. The molecule has 4 N–H and O–H groups in total. The Bertz CT molecular complexity index is 593. The minimum absolute atomic E-state index is 0.143. The number of rotatable bonds is 4. The first-order valence-corrected chi connectivity index (χ1v) is 6.60. The summed E-state index contributed by atoms with van der Waals surface area (Å²) in [6.45, 7) is 0.639. The predicted molar refractivity (Wildman–Crippen MR) is 75.7 cm³/mol. The molecule has 0 spiro atoms. The van der Waals surface area contributed by atoms with Gasteiger partial charge in [-0.1, -0.05) is 0 Å². The largest absolute Gasteiger partial charge is 0.399 e. The number of hydrogen-bond donors (Lipinski definition) is 2. The van der Waals surface area contributed by atoms with Crippen molar-refractivity contribution < 1.29 is 4.74 Å². The van der Waals surface area contributed by atoms with E-state index in [1.54, 1.807) is 17.9 Å². The van der Waals surface area contributed by atoms with Gasteiger partial charge in [0.1, 0.15) is 0 Å². The molecule has 106 valence electrons. The lowest BCUT2D eigenvalue weighted by atomic mass is 9.80. The summed E-state index contributed by atoms with van der Waals surface area (Å²) < 4.78 is 7.38. The van der Waals surface area contributed by atoms with Gasteiger partial charge in [-0.25, -0.2) is 4.68 Å². The van der Waals surface area contributed by atoms with E-state index >= 15 is 0 Å². The molecule has 1 heterocycles. The number of tetrazole rings is 1. The summed E-state index contributed by atoms with van der Waals surface area (Å²) in [6, 6.07) is 5.35. The van der Waals surface area contributed by atoms with E-state index in [9.17, 15) is 0 Å². The van der Waals surface area contributed by atoms with Gasteiger partial charge in [0.2, 0.25) is 0 Å². The number of hydrogen-bond acceptors (Lipinski definition) is 6. The summed E-state index contributed by atoms with van der Waals surface area (Å²) in [5, 5.41) is 11.9. The molecule has 7 nitrogen and oxygen atoms in total. The maximum Gasteiger partial charge on any atom is 0.182 e. The van der Waals surface area contributed by atoms with Gasteiger partial charge in [0.25, 0.3) is 0 Å². The topological polar surface area (TPSA) is 105 Å². The summed E-state index contributed by atoms with van der Waals surface area (Å²) in [5.74, 6) is 0.660. The zero-order chi connectivity index (χ0) is 14.2. The molecule has 1 aliphatic rings. The quantitative estimate of drug-likeness (QED) is 0.808. The third-order valence-electron chi connectivity index (χ3n) is 3.90. The van der Waals surface area contributed by atoms with Crippen molar-refractivity contribution in [3.63, 3.8) is 0 Å². The molecule has 0 radical (unpaired) electrons. The molecule has 3 rings (SSSR count). The Hall–Kier alpha value is -2.15. The zero-order valence-corrected chi connectivity index (χ0v) is 11.4. The van der Waals surface area contributed by atoms with Crippen molar-refractivity contribution in [2.24, 2.45) is 0 Å². The fourth-order valence-corrected chi connectivity index (χ4v) is 2.59. The molecule has 0 amide bonds. The highest BCUT2D eigenvalue weighted by atomic mass is 16.5. The standard InChI is InChI=1S/C13H18N6O/c1-20-13(3-2-4-13)8-19-12(16-17-18-19)9-5-10(14)7-11(15)6-9/h5-7H,2-4,8,14-15H2,1H3. The van der Waals surface area contributed by atoms with Gasteiger partial charge in [-0.3, -0.25) is 0 Å². The van der Waals surface area contributed by atoms with Crippen LogP contribution in [-0.2, 0) is 11.3 Å². The van der Waals surface area contributed by atoms with E-state index in [1.807, 2.05) is 12.1 Å². The normalized spacial score (nSPS) is 16.9. The summed E-state index contributed by atoms with van der Waals surface area (Å²) in [4.78, 5) is 0. The third-order valence-corrected chi connectivity index (χ3v) is 3.90. The molecular weight excluding hydrogens is 256 g/mol. The Kier molecular flexibility index (Phi) is 3.06. The third kappa shape index (κ3) is 2.20. The molecule has 0 atom stereocenters. The molecule has 1 aromatic carbocycles. The molecular formula is C13H18N6O. The number of ether oxygens (including phenoxy) is 1. The second kappa shape index (κ2) is 4.75. The van der Waals surface area contributed by atoms with Crippen molar-refractivity contribution in [3.8, 4) is 11.4 Å². The number of nitrogens with zero attached hydrogens (tertiary/aromatic N) is 4. The van der Waals surface area contributed by atoms with Crippen LogP contribution < -0.4 is 11.5 Å². The Morgan fingerprint density at radius 1 is 1.25 bits per heavy atom. The van der Waals surface area contributed by atoms with E-state index in [0.717, 1.165) is 18.4 Å². The lowest BCUT2D eigenvalue weighted by Crippen LogP contribution is -2.43. The van der Waals surface area contributed by atoms with Crippen molar-refractivity contribution in [3.05, 3.63) is 18.2 Å². The Morgan fingerprint density at radius 3 is 2.50 bits per heavy atom. The number of anilines is 2. The highest BCUT2D eigenvalue weighted by Crippen LogP contribution is 2.37. The summed E-state index contributed by atoms with van der Waals surface area (Å²) in [6.07, 6.45) is 3.24. The highest BCUT2D eigenvalue weighted by Gasteiger charge is 2.38. The number of nitrogen functional groups attached to an aromatic ring is 2. The SMILES string of the molecule is COC1(Cn2nnnc2-c2cc(N)cc(N)c2)CCC1. The van der Waals surface area contributed by atoms with Crippen molar-refractivity contribution in [1.82, 2.24) is 20.2 Å². The van der Waals surface area contributed by atoms with Gasteiger partial charge in [-0.15, -0.1) is 5.10 Å². The second-order valence-corrected chi connectivity index (χ2v) is 5.29. The highest BCUT2D eigenvalue weighted by molar-refractivity contribution is 5.67. The van der Waals surface area contributed by atoms with Gasteiger partial charge < -0.3 is 16.2 Å². The number of aromatic nitrogens is 4. The van der Waals surface area contributed by atoms with E-state index < -0.39 is 0 Å². The van der Waals surface area contributed by atoms with Crippen LogP contribution in [-0.4, -0.2) is 32.9 Å². The van der Waals surface area contributed by atoms with Crippen LogP contribution in [0.15, 0.2) is 18.2 Å². The molecule has 1 aliphatic carbocycles. The summed E-state index contributed by atoms with van der Waals surface area (Å²) >= 11 is 0. The van der Waals surface area contributed by atoms with Gasteiger partial charge in [0, 0.05) is 24.0 Å². The van der Waals surface area contributed by atoms with Crippen LogP contribution >= 0.6 is 0 Å². The van der Waals surface area contributed by atoms with E-state index in [0.29, 0.717) is 23.7 Å². The minimum Gasteiger partial charge on any atom is -0.399 e. The second-order valence-electron chi connectivity index (χ2n) is 5.29. The van der Waals surface area contributed by atoms with Crippen LogP contribution in [0.5, 0.6) is 0 Å².